The molecule has 1 saturated carbocycles. The number of hydrogen-bond donors (Lipinski definition) is 1. The van der Waals surface area contributed by atoms with E-state index in [-0.39, 0.29) is 0 Å². The van der Waals surface area contributed by atoms with Gasteiger partial charge in [0.05, 0.1) is 0 Å². The van der Waals surface area contributed by atoms with Crippen molar-refractivity contribution < 1.29 is 0 Å². The van der Waals surface area contributed by atoms with E-state index < -0.39 is 0 Å². The van der Waals surface area contributed by atoms with Gasteiger partial charge in [0.15, 0.2) is 0 Å². The minimum absolute atomic E-state index is 0.602. The molecule has 2 heteroatoms. The molecule has 1 fully saturated rings. The molecule has 1 aliphatic carbocycles. The van der Waals surface area contributed by atoms with Crippen molar-refractivity contribution in [2.75, 3.05) is 13.1 Å². The van der Waals surface area contributed by atoms with Gasteiger partial charge < -0.3 is 5.32 Å². The van der Waals surface area contributed by atoms with Crippen LogP contribution in [0.4, 0.5) is 0 Å². The Morgan fingerprint density at radius 1 is 1.06 bits per heavy atom. The van der Waals surface area contributed by atoms with Crippen molar-refractivity contribution >= 4 is 0 Å². The predicted molar refractivity (Wildman–Crippen MR) is 80.9 cm³/mol. The van der Waals surface area contributed by atoms with Gasteiger partial charge in [-0.05, 0) is 51.1 Å². The maximum Gasteiger partial charge on any atom is 0.0108 e. The van der Waals surface area contributed by atoms with Crippen LogP contribution in [-0.2, 0) is 0 Å². The summed E-state index contributed by atoms with van der Waals surface area (Å²) in [6, 6.07) is 2.20. The van der Waals surface area contributed by atoms with E-state index in [0.717, 1.165) is 24.4 Å². The van der Waals surface area contributed by atoms with E-state index in [1.165, 1.54) is 25.8 Å². The Hall–Kier alpha value is -0.0800. The second-order valence-electron chi connectivity index (χ2n) is 6.93. The number of hydrogen-bond acceptors (Lipinski definition) is 2. The van der Waals surface area contributed by atoms with E-state index in [9.17, 15) is 0 Å². The highest BCUT2D eigenvalue weighted by atomic mass is 15.2. The highest BCUT2D eigenvalue weighted by Crippen LogP contribution is 2.31. The molecule has 0 aromatic rings. The molecule has 1 aliphatic rings. The first-order chi connectivity index (χ1) is 8.41. The molecule has 0 amide bonds. The maximum atomic E-state index is 3.58. The predicted octanol–water partition coefficient (Wildman–Crippen LogP) is 3.52. The maximum absolute atomic E-state index is 3.58. The fourth-order valence-electron chi connectivity index (χ4n) is 2.45. The van der Waals surface area contributed by atoms with Crippen LogP contribution in [0.3, 0.4) is 0 Å². The second kappa shape index (κ2) is 7.49. The van der Waals surface area contributed by atoms with Crippen LogP contribution in [0.1, 0.15) is 60.8 Å². The lowest BCUT2D eigenvalue weighted by molar-refractivity contribution is 0.142. The summed E-state index contributed by atoms with van der Waals surface area (Å²) in [6.45, 7) is 16.4. The lowest BCUT2D eigenvalue weighted by atomic mass is 10.00. The Morgan fingerprint density at radius 2 is 1.67 bits per heavy atom. The Kier molecular flexibility index (Phi) is 6.65. The molecule has 108 valence electrons. The van der Waals surface area contributed by atoms with Crippen molar-refractivity contribution in [2.24, 2.45) is 11.8 Å². The second-order valence-corrected chi connectivity index (χ2v) is 6.93. The summed E-state index contributed by atoms with van der Waals surface area (Å²) in [7, 11) is 0. The van der Waals surface area contributed by atoms with Crippen molar-refractivity contribution in [2.45, 2.75) is 78.9 Å². The molecule has 0 spiro atoms. The first-order valence-corrected chi connectivity index (χ1v) is 7.91. The molecule has 2 nitrogen and oxygen atoms in total. The first-order valence-electron chi connectivity index (χ1n) is 7.91. The summed E-state index contributed by atoms with van der Waals surface area (Å²) in [4.78, 5) is 2.77. The van der Waals surface area contributed by atoms with Crippen LogP contribution in [0.15, 0.2) is 0 Å². The molecule has 0 bridgehead atoms. The van der Waals surface area contributed by atoms with Crippen LogP contribution in [-0.4, -0.2) is 36.1 Å². The summed E-state index contributed by atoms with van der Waals surface area (Å²) in [5.74, 6) is 1.56. The molecule has 2 atom stereocenters. The van der Waals surface area contributed by atoms with Crippen LogP contribution < -0.4 is 5.32 Å². The van der Waals surface area contributed by atoms with Crippen LogP contribution >= 0.6 is 0 Å². The third-order valence-electron chi connectivity index (χ3n) is 4.18. The van der Waals surface area contributed by atoms with E-state index in [1.807, 2.05) is 0 Å². The minimum Gasteiger partial charge on any atom is -0.314 e. The molecule has 18 heavy (non-hydrogen) atoms. The lowest BCUT2D eigenvalue weighted by Gasteiger charge is -2.34. The summed E-state index contributed by atoms with van der Waals surface area (Å²) >= 11 is 0. The number of rotatable bonds is 9. The van der Waals surface area contributed by atoms with Crippen LogP contribution in [0.2, 0.25) is 0 Å². The number of nitrogens with one attached hydrogen (secondary N) is 1. The molecule has 0 heterocycles. The molecule has 1 rings (SSSR count). The summed E-state index contributed by atoms with van der Waals surface area (Å²) < 4.78 is 0. The zero-order valence-corrected chi connectivity index (χ0v) is 13.4. The van der Waals surface area contributed by atoms with E-state index in [2.05, 4.69) is 51.8 Å². The number of nitrogens with zero attached hydrogens (tertiary/aromatic N) is 1. The van der Waals surface area contributed by atoms with E-state index in [0.29, 0.717) is 12.1 Å². The van der Waals surface area contributed by atoms with Gasteiger partial charge in [0.25, 0.3) is 0 Å². The molecule has 2 unspecified atom stereocenters. The largest absolute Gasteiger partial charge is 0.314 e. The molecule has 0 saturated heterocycles. The van der Waals surface area contributed by atoms with Crippen molar-refractivity contribution in [1.82, 2.24) is 10.2 Å². The van der Waals surface area contributed by atoms with E-state index >= 15 is 0 Å². The normalized spacial score (nSPS) is 19.8. The van der Waals surface area contributed by atoms with Crippen LogP contribution in [0.25, 0.3) is 0 Å². The molecule has 0 aromatic heterocycles. The monoisotopic (exact) mass is 254 g/mol. The Morgan fingerprint density at radius 3 is 2.11 bits per heavy atom. The van der Waals surface area contributed by atoms with Gasteiger partial charge in [-0.2, -0.15) is 0 Å². The Bertz CT molecular complexity index is 221. The Balaban J connectivity index is 2.40. The topological polar surface area (TPSA) is 15.3 Å². The van der Waals surface area contributed by atoms with Gasteiger partial charge in [-0.15, -0.1) is 0 Å². The van der Waals surface area contributed by atoms with Gasteiger partial charge in [0.1, 0.15) is 0 Å². The van der Waals surface area contributed by atoms with Gasteiger partial charge in [-0.1, -0.05) is 34.6 Å². The van der Waals surface area contributed by atoms with Gasteiger partial charge in [0, 0.05) is 18.1 Å². The molecular formula is C16H34N2. The zero-order valence-electron chi connectivity index (χ0n) is 13.4. The average molecular weight is 254 g/mol. The SMILES string of the molecule is CC(C)CCN(C1CC1)C(C)C(C)CNC(C)C. The minimum atomic E-state index is 0.602. The fourth-order valence-corrected chi connectivity index (χ4v) is 2.45. The van der Waals surface area contributed by atoms with Crippen LogP contribution in [0, 0.1) is 11.8 Å². The van der Waals surface area contributed by atoms with Crippen molar-refractivity contribution in [3.63, 3.8) is 0 Å². The fraction of sp³-hybridized carbons (Fsp3) is 1.00. The lowest BCUT2D eigenvalue weighted by Crippen LogP contribution is -2.44. The molecule has 0 aliphatic heterocycles. The smallest absolute Gasteiger partial charge is 0.0108 e. The Labute approximate surface area is 115 Å². The average Bonchev–Trinajstić information content (AvgIpc) is 3.09. The molecule has 1 N–H and O–H groups in total. The highest BCUT2D eigenvalue weighted by Gasteiger charge is 2.33. The third kappa shape index (κ3) is 5.71. The van der Waals surface area contributed by atoms with Crippen molar-refractivity contribution in [1.29, 1.82) is 0 Å². The summed E-state index contributed by atoms with van der Waals surface area (Å²) in [5.41, 5.74) is 0. The van der Waals surface area contributed by atoms with Gasteiger partial charge in [0.2, 0.25) is 0 Å². The molecule has 0 radical (unpaired) electrons. The summed E-state index contributed by atoms with van der Waals surface area (Å²) in [6.07, 6.45) is 4.19. The van der Waals surface area contributed by atoms with Crippen molar-refractivity contribution in [3.8, 4) is 0 Å². The molecular weight excluding hydrogens is 220 g/mol. The third-order valence-corrected chi connectivity index (χ3v) is 4.18. The molecule has 0 aromatic carbocycles. The summed E-state index contributed by atoms with van der Waals surface area (Å²) in [5, 5.41) is 3.58. The van der Waals surface area contributed by atoms with Gasteiger partial charge >= 0.3 is 0 Å². The standard InChI is InChI=1S/C16H34N2/c1-12(2)9-10-18(16-7-8-16)15(6)14(5)11-17-13(3)4/h12-17H,7-11H2,1-6H3. The first kappa shape index (κ1) is 16.0. The van der Waals surface area contributed by atoms with Gasteiger partial charge in [-0.3, -0.25) is 4.90 Å². The quantitative estimate of drug-likeness (QED) is 0.677. The highest BCUT2D eigenvalue weighted by molar-refractivity contribution is 4.89. The van der Waals surface area contributed by atoms with E-state index in [1.54, 1.807) is 0 Å². The van der Waals surface area contributed by atoms with E-state index in [4.69, 9.17) is 0 Å². The van der Waals surface area contributed by atoms with Crippen molar-refractivity contribution in [3.05, 3.63) is 0 Å². The zero-order chi connectivity index (χ0) is 13.7. The van der Waals surface area contributed by atoms with Gasteiger partial charge in [-0.25, -0.2) is 0 Å². The van der Waals surface area contributed by atoms with Crippen LogP contribution in [0.5, 0.6) is 0 Å².